The van der Waals surface area contributed by atoms with E-state index in [4.69, 9.17) is 14.4 Å². The Labute approximate surface area is 230 Å². The number of hydrogen-bond acceptors (Lipinski definition) is 6. The molecule has 0 saturated carbocycles. The summed E-state index contributed by atoms with van der Waals surface area (Å²) in [6.45, 7) is 5.97. The fraction of sp³-hybridized carbons (Fsp3) is 0.345. The molecule has 0 saturated heterocycles. The topological polar surface area (TPSA) is 93.6 Å². The summed E-state index contributed by atoms with van der Waals surface area (Å²) in [4.78, 5) is 16.4. The number of halogens is 3. The number of aliphatic carboxylic acids is 1. The lowest BCUT2D eigenvalue weighted by Gasteiger charge is -2.29. The maximum Gasteiger partial charge on any atom is 0.418 e. The van der Waals surface area contributed by atoms with Gasteiger partial charge in [-0.2, -0.15) is 13.2 Å². The first kappa shape index (κ1) is 28.9. The minimum Gasteiger partial charge on any atom is -0.480 e. The molecule has 0 aliphatic rings. The number of carbonyl (C=O) groups is 1. The van der Waals surface area contributed by atoms with Gasteiger partial charge >= 0.3 is 12.1 Å². The Balaban J connectivity index is 1.71. The molecule has 0 atom stereocenters. The maximum atomic E-state index is 14.3. The molecular formula is C29H31F3N4O4. The number of alkyl halides is 3. The number of anilines is 2. The Morgan fingerprint density at radius 1 is 1.10 bits per heavy atom. The number of aromatic nitrogens is 3. The number of unbranched alkanes of at least 4 members (excludes halogenated alkanes) is 2. The van der Waals surface area contributed by atoms with Gasteiger partial charge in [0.2, 0.25) is 0 Å². The zero-order valence-electron chi connectivity index (χ0n) is 22.5. The van der Waals surface area contributed by atoms with E-state index in [0.29, 0.717) is 43.9 Å². The summed E-state index contributed by atoms with van der Waals surface area (Å²) in [5, 5.41) is 12.8. The van der Waals surface area contributed by atoms with Crippen LogP contribution in [-0.4, -0.2) is 45.5 Å². The third-order valence-electron chi connectivity index (χ3n) is 6.60. The van der Waals surface area contributed by atoms with E-state index < -0.39 is 17.7 Å². The smallest absolute Gasteiger partial charge is 0.418 e. The van der Waals surface area contributed by atoms with Crippen LogP contribution in [0.2, 0.25) is 0 Å². The van der Waals surface area contributed by atoms with E-state index in [-0.39, 0.29) is 12.3 Å². The van der Waals surface area contributed by atoms with Crippen molar-refractivity contribution in [1.82, 2.24) is 14.7 Å². The molecule has 1 N–H and O–H groups in total. The van der Waals surface area contributed by atoms with Crippen molar-refractivity contribution in [2.45, 2.75) is 46.2 Å². The number of rotatable bonds is 12. The van der Waals surface area contributed by atoms with Gasteiger partial charge in [0.15, 0.2) is 0 Å². The third-order valence-corrected chi connectivity index (χ3v) is 6.60. The minimum absolute atomic E-state index is 0.00882. The largest absolute Gasteiger partial charge is 0.480 e. The number of hydrogen-bond donors (Lipinski definition) is 1. The lowest BCUT2D eigenvalue weighted by atomic mass is 10.00. The van der Waals surface area contributed by atoms with E-state index in [1.165, 1.54) is 35.4 Å². The van der Waals surface area contributed by atoms with Crippen LogP contribution in [0.5, 0.6) is 0 Å². The molecule has 0 aliphatic heterocycles. The molecule has 2 aromatic heterocycles. The standard InChI is InChI=1S/C29H31F3N4O4/c1-19-7-8-22(28-20(2)34-40-21(28)3)15-26(19)36(12-5-4-6-14-39-17-27(37)38)23-9-10-25(35-13-11-33-18-35)24(16-23)29(30,31)32/h7-11,13,15-16,18H,4-6,12,14,17H2,1-3H3,(H,37,38). The van der Waals surface area contributed by atoms with Crippen molar-refractivity contribution in [2.24, 2.45) is 0 Å². The quantitative estimate of drug-likeness (QED) is 0.190. The molecular weight excluding hydrogens is 525 g/mol. The Bertz CT molecular complexity index is 1430. The van der Waals surface area contributed by atoms with Gasteiger partial charge in [0.25, 0.3) is 0 Å². The van der Waals surface area contributed by atoms with Crippen LogP contribution in [-0.2, 0) is 15.7 Å². The minimum atomic E-state index is -4.59. The summed E-state index contributed by atoms with van der Waals surface area (Å²) in [6, 6.07) is 10.2. The Hall–Kier alpha value is -4.12. The maximum absolute atomic E-state index is 14.3. The number of carboxylic acids is 1. The van der Waals surface area contributed by atoms with Gasteiger partial charge in [-0.15, -0.1) is 0 Å². The second-order valence-corrected chi connectivity index (χ2v) is 9.53. The highest BCUT2D eigenvalue weighted by Gasteiger charge is 2.35. The highest BCUT2D eigenvalue weighted by Crippen LogP contribution is 2.40. The van der Waals surface area contributed by atoms with Crippen molar-refractivity contribution in [3.05, 3.63) is 77.7 Å². The van der Waals surface area contributed by atoms with E-state index in [2.05, 4.69) is 10.1 Å². The van der Waals surface area contributed by atoms with Gasteiger partial charge in [-0.1, -0.05) is 17.3 Å². The summed E-state index contributed by atoms with van der Waals surface area (Å²) in [5.74, 6) is -0.372. The van der Waals surface area contributed by atoms with E-state index in [0.717, 1.165) is 28.1 Å². The lowest BCUT2D eigenvalue weighted by Crippen LogP contribution is -2.21. The molecule has 0 fully saturated rings. The lowest BCUT2D eigenvalue weighted by molar-refractivity contribution is -0.142. The predicted molar refractivity (Wildman–Crippen MR) is 144 cm³/mol. The predicted octanol–water partition coefficient (Wildman–Crippen LogP) is 6.88. The average molecular weight is 557 g/mol. The third kappa shape index (κ3) is 6.71. The number of ether oxygens (including phenoxy) is 1. The van der Waals surface area contributed by atoms with Crippen LogP contribution >= 0.6 is 0 Å². The summed E-state index contributed by atoms with van der Waals surface area (Å²) in [6.07, 6.45) is 1.65. The highest BCUT2D eigenvalue weighted by molar-refractivity contribution is 5.77. The Morgan fingerprint density at radius 2 is 1.90 bits per heavy atom. The summed E-state index contributed by atoms with van der Waals surface area (Å²) < 4.78 is 54.6. The second kappa shape index (κ2) is 12.4. The number of imidazole rings is 1. The summed E-state index contributed by atoms with van der Waals surface area (Å²) in [5.41, 5.74) is 3.72. The van der Waals surface area contributed by atoms with Crippen LogP contribution in [0.1, 0.15) is 41.8 Å². The van der Waals surface area contributed by atoms with Gasteiger partial charge in [-0.25, -0.2) is 9.78 Å². The molecule has 0 aliphatic carbocycles. The Kier molecular flexibility index (Phi) is 8.93. The molecule has 0 spiro atoms. The molecule has 0 bridgehead atoms. The van der Waals surface area contributed by atoms with E-state index >= 15 is 0 Å². The fourth-order valence-corrected chi connectivity index (χ4v) is 4.70. The molecule has 0 amide bonds. The van der Waals surface area contributed by atoms with E-state index in [1.807, 2.05) is 43.9 Å². The van der Waals surface area contributed by atoms with Crippen molar-refractivity contribution in [3.8, 4) is 16.8 Å². The molecule has 4 aromatic rings. The number of benzene rings is 2. The second-order valence-electron chi connectivity index (χ2n) is 9.53. The Morgan fingerprint density at radius 3 is 2.55 bits per heavy atom. The van der Waals surface area contributed by atoms with Gasteiger partial charge in [0.05, 0.1) is 23.3 Å². The van der Waals surface area contributed by atoms with Crippen LogP contribution in [0.3, 0.4) is 0 Å². The molecule has 212 valence electrons. The van der Waals surface area contributed by atoms with Crippen molar-refractivity contribution in [3.63, 3.8) is 0 Å². The first-order chi connectivity index (χ1) is 19.1. The van der Waals surface area contributed by atoms with Gasteiger partial charge in [-0.05, 0) is 75.4 Å². The van der Waals surface area contributed by atoms with E-state index in [9.17, 15) is 18.0 Å². The first-order valence-corrected chi connectivity index (χ1v) is 12.9. The molecule has 2 heterocycles. The van der Waals surface area contributed by atoms with Gasteiger partial charge in [0, 0.05) is 42.5 Å². The van der Waals surface area contributed by atoms with Crippen LogP contribution < -0.4 is 4.90 Å². The number of carboxylic acid groups (broad SMARTS) is 1. The molecule has 0 unspecified atom stereocenters. The van der Waals surface area contributed by atoms with Gasteiger partial charge in [-0.3, -0.25) is 0 Å². The van der Waals surface area contributed by atoms with Crippen molar-refractivity contribution < 1.29 is 32.3 Å². The zero-order valence-corrected chi connectivity index (χ0v) is 22.5. The zero-order chi connectivity index (χ0) is 28.9. The highest BCUT2D eigenvalue weighted by atomic mass is 19.4. The summed E-state index contributed by atoms with van der Waals surface area (Å²) in [7, 11) is 0. The molecule has 11 heteroatoms. The van der Waals surface area contributed by atoms with E-state index in [1.54, 1.807) is 6.07 Å². The molecule has 8 nitrogen and oxygen atoms in total. The fourth-order valence-electron chi connectivity index (χ4n) is 4.70. The number of aryl methyl sites for hydroxylation is 3. The molecule has 4 rings (SSSR count). The normalized spacial score (nSPS) is 11.7. The van der Waals surface area contributed by atoms with Crippen LogP contribution in [0.15, 0.2) is 59.6 Å². The first-order valence-electron chi connectivity index (χ1n) is 12.9. The van der Waals surface area contributed by atoms with Crippen LogP contribution in [0.25, 0.3) is 16.8 Å². The van der Waals surface area contributed by atoms with Crippen molar-refractivity contribution in [2.75, 3.05) is 24.7 Å². The van der Waals surface area contributed by atoms with Gasteiger partial charge in [0.1, 0.15) is 12.4 Å². The van der Waals surface area contributed by atoms with Crippen molar-refractivity contribution >= 4 is 17.3 Å². The van der Waals surface area contributed by atoms with Gasteiger partial charge < -0.3 is 23.8 Å². The molecule has 40 heavy (non-hydrogen) atoms. The van der Waals surface area contributed by atoms with Crippen LogP contribution in [0, 0.1) is 20.8 Å². The monoisotopic (exact) mass is 556 g/mol. The molecule has 0 radical (unpaired) electrons. The SMILES string of the molecule is Cc1ccc(-c2c(C)noc2C)cc1N(CCCCCOCC(=O)O)c1ccc(-n2ccnc2)c(C(F)(F)F)c1. The summed E-state index contributed by atoms with van der Waals surface area (Å²) >= 11 is 0. The van der Waals surface area contributed by atoms with Crippen LogP contribution in [0.4, 0.5) is 24.5 Å². The molecule has 2 aromatic carbocycles. The average Bonchev–Trinajstić information content (AvgIpc) is 3.55. The van der Waals surface area contributed by atoms with Crippen molar-refractivity contribution in [1.29, 1.82) is 0 Å². The number of nitrogens with zero attached hydrogens (tertiary/aromatic N) is 4.